The molecule has 0 aliphatic heterocycles. The third-order valence-electron chi connectivity index (χ3n) is 2.88. The number of rotatable bonds is 7. The zero-order valence-electron chi connectivity index (χ0n) is 11.8. The standard InChI is InChI=1S/C15H17N3O3/c1-2-21-15-5-3-4-14(17-15)16-11-10-12-6-8-13(9-7-12)18(19)20/h3-9H,2,10-11H2,1H3,(H,16,17). The van der Waals surface area contributed by atoms with Crippen LogP contribution in [0.4, 0.5) is 11.5 Å². The minimum atomic E-state index is -0.398. The number of aromatic nitrogens is 1. The van der Waals surface area contributed by atoms with E-state index in [9.17, 15) is 10.1 Å². The number of nitrogens with zero attached hydrogens (tertiary/aromatic N) is 2. The third kappa shape index (κ3) is 4.45. The molecule has 0 bridgehead atoms. The molecule has 0 atom stereocenters. The normalized spacial score (nSPS) is 10.1. The Morgan fingerprint density at radius 2 is 2.00 bits per heavy atom. The number of non-ortho nitro benzene ring substituents is 1. The van der Waals surface area contributed by atoms with Crippen LogP contribution in [0.25, 0.3) is 0 Å². The average Bonchev–Trinajstić information content (AvgIpc) is 2.48. The first-order valence-electron chi connectivity index (χ1n) is 6.76. The topological polar surface area (TPSA) is 77.3 Å². The first kappa shape index (κ1) is 14.8. The van der Waals surface area contributed by atoms with Crippen LogP contribution in [0, 0.1) is 10.1 Å². The quantitative estimate of drug-likeness (QED) is 0.625. The summed E-state index contributed by atoms with van der Waals surface area (Å²) in [5.41, 5.74) is 1.15. The van der Waals surface area contributed by atoms with E-state index in [0.717, 1.165) is 17.8 Å². The maximum Gasteiger partial charge on any atom is 0.269 e. The Morgan fingerprint density at radius 3 is 2.67 bits per heavy atom. The van der Waals surface area contributed by atoms with Gasteiger partial charge in [0, 0.05) is 24.7 Å². The Kier molecular flexibility index (Phi) is 5.09. The predicted molar refractivity (Wildman–Crippen MR) is 80.7 cm³/mol. The van der Waals surface area contributed by atoms with Crippen molar-refractivity contribution in [2.75, 3.05) is 18.5 Å². The smallest absolute Gasteiger partial charge is 0.269 e. The molecule has 0 radical (unpaired) electrons. The van der Waals surface area contributed by atoms with Gasteiger partial charge in [0.05, 0.1) is 11.5 Å². The van der Waals surface area contributed by atoms with Crippen molar-refractivity contribution < 1.29 is 9.66 Å². The van der Waals surface area contributed by atoms with Crippen molar-refractivity contribution in [3.63, 3.8) is 0 Å². The van der Waals surface area contributed by atoms with Crippen molar-refractivity contribution in [2.45, 2.75) is 13.3 Å². The Bertz CT molecular complexity index is 599. The Labute approximate surface area is 122 Å². The number of anilines is 1. The summed E-state index contributed by atoms with van der Waals surface area (Å²) >= 11 is 0. The molecule has 2 rings (SSSR count). The van der Waals surface area contributed by atoms with Crippen LogP contribution >= 0.6 is 0 Å². The van der Waals surface area contributed by atoms with E-state index in [1.54, 1.807) is 12.1 Å². The van der Waals surface area contributed by atoms with Gasteiger partial charge in [-0.3, -0.25) is 10.1 Å². The maximum atomic E-state index is 10.6. The summed E-state index contributed by atoms with van der Waals surface area (Å²) < 4.78 is 5.33. The lowest BCUT2D eigenvalue weighted by Gasteiger charge is -2.07. The van der Waals surface area contributed by atoms with E-state index >= 15 is 0 Å². The highest BCUT2D eigenvalue weighted by Crippen LogP contribution is 2.13. The second kappa shape index (κ2) is 7.23. The van der Waals surface area contributed by atoms with Crippen LogP contribution in [0.2, 0.25) is 0 Å². The fourth-order valence-corrected chi connectivity index (χ4v) is 1.86. The molecule has 6 heteroatoms. The largest absolute Gasteiger partial charge is 0.478 e. The molecule has 110 valence electrons. The van der Waals surface area contributed by atoms with E-state index in [2.05, 4.69) is 10.3 Å². The van der Waals surface area contributed by atoms with E-state index in [-0.39, 0.29) is 5.69 Å². The van der Waals surface area contributed by atoms with E-state index in [1.807, 2.05) is 25.1 Å². The summed E-state index contributed by atoms with van der Waals surface area (Å²) in [4.78, 5) is 14.5. The van der Waals surface area contributed by atoms with Gasteiger partial charge in [-0.05, 0) is 25.0 Å². The summed E-state index contributed by atoms with van der Waals surface area (Å²) in [7, 11) is 0. The monoisotopic (exact) mass is 287 g/mol. The number of ether oxygens (including phenoxy) is 1. The number of hydrogen-bond donors (Lipinski definition) is 1. The molecule has 0 amide bonds. The molecule has 6 nitrogen and oxygen atoms in total. The number of pyridine rings is 1. The molecule has 21 heavy (non-hydrogen) atoms. The first-order chi connectivity index (χ1) is 10.2. The van der Waals surface area contributed by atoms with Gasteiger partial charge in [-0.25, -0.2) is 0 Å². The van der Waals surface area contributed by atoms with Crippen LogP contribution in [-0.2, 0) is 6.42 Å². The minimum Gasteiger partial charge on any atom is -0.478 e. The van der Waals surface area contributed by atoms with E-state index < -0.39 is 4.92 Å². The van der Waals surface area contributed by atoms with Crippen LogP contribution in [0.1, 0.15) is 12.5 Å². The van der Waals surface area contributed by atoms with Crippen LogP contribution < -0.4 is 10.1 Å². The van der Waals surface area contributed by atoms with Gasteiger partial charge in [-0.15, -0.1) is 0 Å². The van der Waals surface area contributed by atoms with Crippen molar-refractivity contribution >= 4 is 11.5 Å². The number of nitro benzene ring substituents is 1. The molecule has 1 aromatic carbocycles. The molecular weight excluding hydrogens is 270 g/mol. The van der Waals surface area contributed by atoms with E-state index in [0.29, 0.717) is 19.0 Å². The maximum absolute atomic E-state index is 10.6. The molecule has 1 heterocycles. The average molecular weight is 287 g/mol. The van der Waals surface area contributed by atoms with Gasteiger partial charge in [0.2, 0.25) is 5.88 Å². The lowest BCUT2D eigenvalue weighted by molar-refractivity contribution is -0.384. The lowest BCUT2D eigenvalue weighted by Crippen LogP contribution is -2.07. The van der Waals surface area contributed by atoms with Gasteiger partial charge < -0.3 is 10.1 Å². The summed E-state index contributed by atoms with van der Waals surface area (Å²) in [5.74, 6) is 1.35. The van der Waals surface area contributed by atoms with Crippen molar-refractivity contribution in [1.29, 1.82) is 0 Å². The molecule has 0 saturated heterocycles. The number of nitrogens with one attached hydrogen (secondary N) is 1. The second-order valence-electron chi connectivity index (χ2n) is 4.39. The molecule has 0 aliphatic carbocycles. The predicted octanol–water partition coefficient (Wildman–Crippen LogP) is 3.04. The fraction of sp³-hybridized carbons (Fsp3) is 0.267. The first-order valence-corrected chi connectivity index (χ1v) is 6.76. The highest BCUT2D eigenvalue weighted by atomic mass is 16.6. The summed E-state index contributed by atoms with van der Waals surface area (Å²) in [6.45, 7) is 3.19. The van der Waals surface area contributed by atoms with Crippen LogP contribution in [0.15, 0.2) is 42.5 Å². The summed E-state index contributed by atoms with van der Waals surface area (Å²) in [5, 5.41) is 13.8. The molecule has 2 aromatic rings. The number of nitro groups is 1. The van der Waals surface area contributed by atoms with Gasteiger partial charge in [0.1, 0.15) is 5.82 Å². The Hall–Kier alpha value is -2.63. The summed E-state index contributed by atoms with van der Waals surface area (Å²) in [6, 6.07) is 12.1. The summed E-state index contributed by atoms with van der Waals surface area (Å²) in [6.07, 6.45) is 0.762. The van der Waals surface area contributed by atoms with Gasteiger partial charge in [-0.1, -0.05) is 18.2 Å². The molecular formula is C15H17N3O3. The second-order valence-corrected chi connectivity index (χ2v) is 4.39. The highest BCUT2D eigenvalue weighted by molar-refractivity contribution is 5.38. The van der Waals surface area contributed by atoms with E-state index in [1.165, 1.54) is 12.1 Å². The molecule has 0 unspecified atom stereocenters. The van der Waals surface area contributed by atoms with Crippen molar-refractivity contribution in [3.05, 3.63) is 58.1 Å². The lowest BCUT2D eigenvalue weighted by atomic mass is 10.1. The molecule has 0 aliphatic rings. The van der Waals surface area contributed by atoms with Crippen LogP contribution in [0.5, 0.6) is 5.88 Å². The van der Waals surface area contributed by atoms with Gasteiger partial charge >= 0.3 is 0 Å². The van der Waals surface area contributed by atoms with Crippen LogP contribution in [0.3, 0.4) is 0 Å². The van der Waals surface area contributed by atoms with E-state index in [4.69, 9.17) is 4.74 Å². The fourth-order valence-electron chi connectivity index (χ4n) is 1.86. The molecule has 0 fully saturated rings. The van der Waals surface area contributed by atoms with Crippen LogP contribution in [-0.4, -0.2) is 23.1 Å². The van der Waals surface area contributed by atoms with Crippen molar-refractivity contribution in [1.82, 2.24) is 4.98 Å². The molecule has 0 saturated carbocycles. The molecule has 0 spiro atoms. The van der Waals surface area contributed by atoms with Gasteiger partial charge in [0.15, 0.2) is 0 Å². The Morgan fingerprint density at radius 1 is 1.24 bits per heavy atom. The van der Waals surface area contributed by atoms with Gasteiger partial charge in [0.25, 0.3) is 5.69 Å². The minimum absolute atomic E-state index is 0.109. The Balaban J connectivity index is 1.86. The van der Waals surface area contributed by atoms with Crippen molar-refractivity contribution in [3.8, 4) is 5.88 Å². The van der Waals surface area contributed by atoms with Gasteiger partial charge in [-0.2, -0.15) is 4.98 Å². The molecule has 1 N–H and O–H groups in total. The molecule has 1 aromatic heterocycles. The zero-order chi connectivity index (χ0) is 15.1. The highest BCUT2D eigenvalue weighted by Gasteiger charge is 2.04. The zero-order valence-corrected chi connectivity index (χ0v) is 11.8. The third-order valence-corrected chi connectivity index (χ3v) is 2.88. The SMILES string of the molecule is CCOc1cccc(NCCc2ccc([N+](=O)[O-])cc2)n1. The number of benzene rings is 1. The van der Waals surface area contributed by atoms with Crippen molar-refractivity contribution in [2.24, 2.45) is 0 Å². The number of hydrogen-bond acceptors (Lipinski definition) is 5.